The van der Waals surface area contributed by atoms with Gasteiger partial charge in [0, 0.05) is 18.5 Å². The average molecular weight is 351 g/mol. The summed E-state index contributed by atoms with van der Waals surface area (Å²) in [5.74, 6) is -0.361. The minimum absolute atomic E-state index is 0.123. The number of aromatic nitrogens is 1. The van der Waals surface area contributed by atoms with Gasteiger partial charge in [-0.2, -0.15) is 0 Å². The van der Waals surface area contributed by atoms with Gasteiger partial charge in [0.25, 0.3) is 5.91 Å². The Morgan fingerprint density at radius 1 is 1.33 bits per heavy atom. The van der Waals surface area contributed by atoms with Crippen LogP contribution in [0.2, 0.25) is 0 Å². The Hall–Kier alpha value is -1.83. The molecule has 2 aromatic rings. The van der Waals surface area contributed by atoms with Crippen LogP contribution in [0.1, 0.15) is 41.0 Å². The summed E-state index contributed by atoms with van der Waals surface area (Å²) in [7, 11) is 0. The van der Waals surface area contributed by atoms with Gasteiger partial charge in [-0.15, -0.1) is 11.3 Å². The van der Waals surface area contributed by atoms with Crippen molar-refractivity contribution in [3.05, 3.63) is 51.7 Å². The molecule has 1 heterocycles. The van der Waals surface area contributed by atoms with Crippen LogP contribution in [0.25, 0.3) is 0 Å². The summed E-state index contributed by atoms with van der Waals surface area (Å²) < 4.78 is 13.0. The number of halogens is 1. The Morgan fingerprint density at radius 3 is 2.54 bits per heavy atom. The Bertz CT molecular complexity index is 673. The zero-order chi connectivity index (χ0) is 17.7. The second-order valence-electron chi connectivity index (χ2n) is 6.00. The molecule has 0 aliphatic rings. The fourth-order valence-corrected chi connectivity index (χ4v) is 2.99. The third kappa shape index (κ3) is 4.83. The van der Waals surface area contributed by atoms with Crippen molar-refractivity contribution >= 4 is 17.2 Å². The molecule has 2 rings (SSSR count). The number of aliphatic hydroxyl groups is 1. The maximum Gasteiger partial charge on any atom is 0.273 e. The van der Waals surface area contributed by atoms with E-state index in [1.165, 1.54) is 35.6 Å². The third-order valence-electron chi connectivity index (χ3n) is 3.47. The van der Waals surface area contributed by atoms with Gasteiger partial charge >= 0.3 is 0 Å². The molecule has 0 spiro atoms. The van der Waals surface area contributed by atoms with Crippen molar-refractivity contribution in [3.8, 4) is 0 Å². The number of carbonyl (C=O) groups is 1. The van der Waals surface area contributed by atoms with Crippen LogP contribution in [0.15, 0.2) is 29.6 Å². The molecule has 0 aliphatic heterocycles. The molecule has 0 fully saturated rings. The smallest absolute Gasteiger partial charge is 0.273 e. The summed E-state index contributed by atoms with van der Waals surface area (Å²) in [6.45, 7) is 4.90. The molecule has 7 heteroatoms. The molecule has 0 bridgehead atoms. The molecule has 130 valence electrons. The molecule has 5 nitrogen and oxygen atoms in total. The molecule has 1 atom stereocenters. The van der Waals surface area contributed by atoms with Gasteiger partial charge in [-0.05, 0) is 23.6 Å². The standard InChI is InChI=1S/C17H22FN3O2S/c1-11(2)8-21(17(23)14-10-24-16(7-19)20-14)9-15(22)12-3-5-13(18)6-4-12/h3-6,10-11,15,22H,7-9,19H2,1-2H3. The van der Waals surface area contributed by atoms with Crippen molar-refractivity contribution in [1.82, 2.24) is 9.88 Å². The maximum atomic E-state index is 13.0. The molecule has 0 aliphatic carbocycles. The Morgan fingerprint density at radius 2 is 2.00 bits per heavy atom. The van der Waals surface area contributed by atoms with Crippen molar-refractivity contribution in [1.29, 1.82) is 0 Å². The van der Waals surface area contributed by atoms with Crippen LogP contribution in [0, 0.1) is 11.7 Å². The molecule has 24 heavy (non-hydrogen) atoms. The van der Waals surface area contributed by atoms with Gasteiger partial charge in [-0.25, -0.2) is 9.37 Å². The highest BCUT2D eigenvalue weighted by Crippen LogP contribution is 2.18. The quantitative estimate of drug-likeness (QED) is 0.803. The lowest BCUT2D eigenvalue weighted by atomic mass is 10.1. The molecule has 0 saturated carbocycles. The molecular formula is C17H22FN3O2S. The highest BCUT2D eigenvalue weighted by atomic mass is 32.1. The summed E-state index contributed by atoms with van der Waals surface area (Å²) in [5.41, 5.74) is 6.45. The Kier molecular flexibility index (Phi) is 6.42. The van der Waals surface area contributed by atoms with Crippen LogP contribution in [-0.2, 0) is 6.54 Å². The number of nitrogens with zero attached hydrogens (tertiary/aromatic N) is 2. The van der Waals surface area contributed by atoms with Crippen LogP contribution >= 0.6 is 11.3 Å². The van der Waals surface area contributed by atoms with Crippen molar-refractivity contribution in [3.63, 3.8) is 0 Å². The average Bonchev–Trinajstić information content (AvgIpc) is 3.02. The van der Waals surface area contributed by atoms with E-state index in [0.29, 0.717) is 29.4 Å². The summed E-state index contributed by atoms with van der Waals surface area (Å²) in [6.07, 6.45) is -0.888. The number of amides is 1. The highest BCUT2D eigenvalue weighted by molar-refractivity contribution is 7.09. The first-order valence-electron chi connectivity index (χ1n) is 7.78. The zero-order valence-electron chi connectivity index (χ0n) is 13.8. The summed E-state index contributed by atoms with van der Waals surface area (Å²) in [5, 5.41) is 12.8. The van der Waals surface area contributed by atoms with E-state index >= 15 is 0 Å². The second-order valence-corrected chi connectivity index (χ2v) is 6.94. The minimum atomic E-state index is -0.888. The number of aliphatic hydroxyl groups excluding tert-OH is 1. The number of benzene rings is 1. The van der Waals surface area contributed by atoms with Gasteiger partial charge in [0.05, 0.1) is 12.6 Å². The van der Waals surface area contributed by atoms with Gasteiger partial charge in [0.1, 0.15) is 16.5 Å². The van der Waals surface area contributed by atoms with Gasteiger partial charge in [0.15, 0.2) is 0 Å². The minimum Gasteiger partial charge on any atom is -0.387 e. The molecule has 3 N–H and O–H groups in total. The number of hydrogen-bond donors (Lipinski definition) is 2. The van der Waals surface area contributed by atoms with E-state index in [-0.39, 0.29) is 24.2 Å². The predicted octanol–water partition coefficient (Wildman–Crippen LogP) is 2.57. The first kappa shape index (κ1) is 18.5. The molecule has 1 aromatic heterocycles. The lowest BCUT2D eigenvalue weighted by Gasteiger charge is -2.26. The van der Waals surface area contributed by atoms with E-state index in [0.717, 1.165) is 0 Å². The predicted molar refractivity (Wildman–Crippen MR) is 92.1 cm³/mol. The van der Waals surface area contributed by atoms with Crippen molar-refractivity contribution in [2.75, 3.05) is 13.1 Å². The first-order chi connectivity index (χ1) is 11.4. The van der Waals surface area contributed by atoms with Crippen LogP contribution in [-0.4, -0.2) is 34.0 Å². The zero-order valence-corrected chi connectivity index (χ0v) is 14.6. The number of hydrogen-bond acceptors (Lipinski definition) is 5. The Balaban J connectivity index is 2.15. The highest BCUT2D eigenvalue weighted by Gasteiger charge is 2.23. The van der Waals surface area contributed by atoms with E-state index in [2.05, 4.69) is 4.98 Å². The van der Waals surface area contributed by atoms with E-state index in [9.17, 15) is 14.3 Å². The van der Waals surface area contributed by atoms with E-state index in [4.69, 9.17) is 5.73 Å². The maximum absolute atomic E-state index is 13.0. The molecular weight excluding hydrogens is 329 g/mol. The normalized spacial score (nSPS) is 12.4. The molecule has 1 unspecified atom stereocenters. The summed E-state index contributed by atoms with van der Waals surface area (Å²) >= 11 is 1.34. The molecule has 1 aromatic carbocycles. The van der Waals surface area contributed by atoms with Crippen molar-refractivity contribution in [2.24, 2.45) is 11.7 Å². The molecule has 0 saturated heterocycles. The SMILES string of the molecule is CC(C)CN(CC(O)c1ccc(F)cc1)C(=O)c1csc(CN)n1. The van der Waals surface area contributed by atoms with Crippen molar-refractivity contribution < 1.29 is 14.3 Å². The number of thiazole rings is 1. The van der Waals surface area contributed by atoms with Crippen molar-refractivity contribution in [2.45, 2.75) is 26.5 Å². The lowest BCUT2D eigenvalue weighted by molar-refractivity contribution is 0.0589. The number of carbonyl (C=O) groups excluding carboxylic acids is 1. The van der Waals surface area contributed by atoms with Crippen LogP contribution in [0.4, 0.5) is 4.39 Å². The van der Waals surface area contributed by atoms with Crippen LogP contribution in [0.5, 0.6) is 0 Å². The monoisotopic (exact) mass is 351 g/mol. The van der Waals surface area contributed by atoms with Gasteiger partial charge in [0.2, 0.25) is 0 Å². The van der Waals surface area contributed by atoms with Gasteiger partial charge in [-0.3, -0.25) is 4.79 Å². The van der Waals surface area contributed by atoms with E-state index in [1.807, 2.05) is 13.8 Å². The lowest BCUT2D eigenvalue weighted by Crippen LogP contribution is -2.37. The fraction of sp³-hybridized carbons (Fsp3) is 0.412. The van der Waals surface area contributed by atoms with Crippen LogP contribution in [0.3, 0.4) is 0 Å². The summed E-state index contributed by atoms with van der Waals surface area (Å²) in [4.78, 5) is 18.5. The largest absolute Gasteiger partial charge is 0.387 e. The van der Waals surface area contributed by atoms with Crippen LogP contribution < -0.4 is 5.73 Å². The van der Waals surface area contributed by atoms with Gasteiger partial charge < -0.3 is 15.7 Å². The second kappa shape index (κ2) is 8.32. The van der Waals surface area contributed by atoms with E-state index < -0.39 is 6.10 Å². The van der Waals surface area contributed by atoms with E-state index in [1.54, 1.807) is 10.3 Å². The fourth-order valence-electron chi connectivity index (χ4n) is 2.35. The number of nitrogens with two attached hydrogens (primary N) is 1. The topological polar surface area (TPSA) is 79.5 Å². The molecule has 0 radical (unpaired) electrons. The Labute approximate surface area is 144 Å². The summed E-state index contributed by atoms with van der Waals surface area (Å²) in [6, 6.07) is 5.63. The first-order valence-corrected chi connectivity index (χ1v) is 8.66. The molecule has 1 amide bonds. The third-order valence-corrected chi connectivity index (χ3v) is 4.34. The number of rotatable bonds is 7. The van der Waals surface area contributed by atoms with Gasteiger partial charge in [-0.1, -0.05) is 26.0 Å².